The van der Waals surface area contributed by atoms with Crippen LogP contribution in [0.4, 0.5) is 0 Å². The zero-order valence-electron chi connectivity index (χ0n) is 14.1. The molecule has 0 saturated heterocycles. The molecule has 2 aromatic rings. The topological polar surface area (TPSA) is 75.3 Å². The summed E-state index contributed by atoms with van der Waals surface area (Å²) in [5.74, 6) is -0.305. The molecule has 2 rings (SSSR count). The highest BCUT2D eigenvalue weighted by Crippen LogP contribution is 2.19. The van der Waals surface area contributed by atoms with E-state index in [1.165, 1.54) is 6.07 Å². The number of ketones is 1. The Labute approximate surface area is 155 Å². The molecule has 0 heterocycles. The highest BCUT2D eigenvalue weighted by Gasteiger charge is 2.22. The monoisotopic (exact) mass is 382 g/mol. The van der Waals surface area contributed by atoms with Gasteiger partial charge >= 0.3 is 0 Å². The molecule has 0 aliphatic heterocycles. The van der Waals surface area contributed by atoms with Crippen LogP contribution in [0.5, 0.6) is 0 Å². The molecular weight excluding hydrogens is 360 g/mol. The molecule has 0 saturated carbocycles. The third-order valence-corrected chi connectivity index (χ3v) is 5.00. The van der Waals surface area contributed by atoms with Gasteiger partial charge in [-0.1, -0.05) is 49.4 Å². The van der Waals surface area contributed by atoms with E-state index < -0.39 is 10.0 Å². The van der Waals surface area contributed by atoms with Gasteiger partial charge in [0, 0.05) is 24.2 Å². The van der Waals surface area contributed by atoms with Gasteiger partial charge in [0.25, 0.3) is 0 Å². The first-order chi connectivity index (χ1) is 11.6. The molecular formula is C18H23ClN2O3S. The van der Waals surface area contributed by atoms with Crippen molar-refractivity contribution in [1.82, 2.24) is 10.0 Å². The van der Waals surface area contributed by atoms with Crippen LogP contribution >= 0.6 is 12.4 Å². The Hall–Kier alpha value is -1.73. The zero-order chi connectivity index (χ0) is 17.4. The molecule has 0 aromatic heterocycles. The van der Waals surface area contributed by atoms with E-state index in [4.69, 9.17) is 0 Å². The largest absolute Gasteiger partial charge is 0.315 e. The number of hydrogen-bond donors (Lipinski definition) is 2. The lowest BCUT2D eigenvalue weighted by Crippen LogP contribution is -2.32. The predicted molar refractivity (Wildman–Crippen MR) is 102 cm³/mol. The molecule has 0 fully saturated rings. The van der Waals surface area contributed by atoms with Crippen LogP contribution in [0.1, 0.15) is 29.3 Å². The molecule has 136 valence electrons. The Balaban J connectivity index is 0.00000312. The van der Waals surface area contributed by atoms with Crippen LogP contribution in [0.3, 0.4) is 0 Å². The van der Waals surface area contributed by atoms with Crippen molar-refractivity contribution in [1.29, 1.82) is 0 Å². The average Bonchev–Trinajstić information content (AvgIpc) is 2.61. The van der Waals surface area contributed by atoms with Crippen molar-refractivity contribution in [3.05, 3.63) is 65.7 Å². The van der Waals surface area contributed by atoms with E-state index >= 15 is 0 Å². The first-order valence-corrected chi connectivity index (χ1v) is 9.43. The first-order valence-electron chi connectivity index (χ1n) is 7.95. The number of nitrogens with one attached hydrogen (secondary N) is 2. The normalized spacial score (nSPS) is 10.9. The summed E-state index contributed by atoms with van der Waals surface area (Å²) in [6.07, 6.45) is 0.987. The molecule has 7 heteroatoms. The van der Waals surface area contributed by atoms with E-state index in [1.807, 2.05) is 13.0 Å². The number of hydrogen-bond acceptors (Lipinski definition) is 4. The number of carbonyl (C=O) groups excluding carboxylic acids is 1. The summed E-state index contributed by atoms with van der Waals surface area (Å²) >= 11 is 0. The van der Waals surface area contributed by atoms with E-state index in [0.29, 0.717) is 12.1 Å². The minimum absolute atomic E-state index is 0. The molecule has 25 heavy (non-hydrogen) atoms. The van der Waals surface area contributed by atoms with Crippen molar-refractivity contribution < 1.29 is 13.2 Å². The summed E-state index contributed by atoms with van der Waals surface area (Å²) in [6.45, 7) is 3.70. The second-order valence-electron chi connectivity index (χ2n) is 5.34. The Morgan fingerprint density at radius 1 is 0.920 bits per heavy atom. The minimum atomic E-state index is -3.74. The maximum Gasteiger partial charge on any atom is 0.241 e. The standard InChI is InChI=1S/C18H22N2O3S.ClH/c1-2-12-19-13-14-20-24(22,23)17-11-7-6-10-16(17)18(21)15-8-4-3-5-9-15;/h3-11,19-20H,2,12-14H2,1H3;1H. The van der Waals surface area contributed by atoms with Crippen molar-refractivity contribution >= 4 is 28.2 Å². The molecule has 0 unspecified atom stereocenters. The van der Waals surface area contributed by atoms with Crippen molar-refractivity contribution in [3.8, 4) is 0 Å². The van der Waals surface area contributed by atoms with Crippen LogP contribution in [0.15, 0.2) is 59.5 Å². The van der Waals surface area contributed by atoms with E-state index in [9.17, 15) is 13.2 Å². The minimum Gasteiger partial charge on any atom is -0.315 e. The van der Waals surface area contributed by atoms with Gasteiger partial charge in [-0.2, -0.15) is 0 Å². The molecule has 0 radical (unpaired) electrons. The first kappa shape index (κ1) is 21.3. The molecule has 2 N–H and O–H groups in total. The lowest BCUT2D eigenvalue weighted by Gasteiger charge is -2.11. The Morgan fingerprint density at radius 3 is 2.24 bits per heavy atom. The summed E-state index contributed by atoms with van der Waals surface area (Å²) in [5, 5.41) is 3.13. The highest BCUT2D eigenvalue weighted by molar-refractivity contribution is 7.89. The predicted octanol–water partition coefficient (Wildman–Crippen LogP) is 2.62. The molecule has 2 aromatic carbocycles. The summed E-state index contributed by atoms with van der Waals surface area (Å²) in [4.78, 5) is 12.6. The molecule has 0 aliphatic rings. The van der Waals surface area contributed by atoms with E-state index in [2.05, 4.69) is 10.0 Å². The summed E-state index contributed by atoms with van der Waals surface area (Å²) < 4.78 is 27.6. The molecule has 0 bridgehead atoms. The second-order valence-corrected chi connectivity index (χ2v) is 7.07. The van der Waals surface area contributed by atoms with Gasteiger partial charge < -0.3 is 5.32 Å². The van der Waals surface area contributed by atoms with Gasteiger partial charge in [-0.25, -0.2) is 13.1 Å². The highest BCUT2D eigenvalue weighted by atomic mass is 35.5. The number of benzene rings is 2. The number of sulfonamides is 1. The maximum atomic E-state index is 12.6. The van der Waals surface area contributed by atoms with Gasteiger partial charge in [0.15, 0.2) is 5.78 Å². The fourth-order valence-electron chi connectivity index (χ4n) is 2.29. The third-order valence-electron chi connectivity index (χ3n) is 3.48. The molecule has 0 amide bonds. The van der Waals surface area contributed by atoms with Crippen molar-refractivity contribution in [2.75, 3.05) is 19.6 Å². The van der Waals surface area contributed by atoms with E-state index in [-0.39, 0.29) is 35.2 Å². The van der Waals surface area contributed by atoms with Gasteiger partial charge in [-0.05, 0) is 25.1 Å². The quantitative estimate of drug-likeness (QED) is 0.516. The number of rotatable bonds is 9. The molecule has 0 atom stereocenters. The molecule has 5 nitrogen and oxygen atoms in total. The summed E-state index contributed by atoms with van der Waals surface area (Å²) in [6, 6.07) is 14.9. The third kappa shape index (κ3) is 5.93. The fourth-order valence-corrected chi connectivity index (χ4v) is 3.52. The van der Waals surface area contributed by atoms with Gasteiger partial charge in [0.1, 0.15) is 0 Å². The molecule has 0 aliphatic carbocycles. The Kier molecular flexibility index (Phi) is 8.78. The van der Waals surface area contributed by atoms with Crippen LogP contribution in [-0.2, 0) is 10.0 Å². The molecule has 0 spiro atoms. The van der Waals surface area contributed by atoms with Crippen LogP contribution in [-0.4, -0.2) is 33.8 Å². The van der Waals surface area contributed by atoms with Crippen molar-refractivity contribution in [2.24, 2.45) is 0 Å². The second kappa shape index (κ2) is 10.3. The van der Waals surface area contributed by atoms with E-state index in [0.717, 1.165) is 13.0 Å². The Morgan fingerprint density at radius 2 is 1.56 bits per heavy atom. The Bertz CT molecular complexity index is 780. The zero-order valence-corrected chi connectivity index (χ0v) is 15.7. The lowest BCUT2D eigenvalue weighted by molar-refractivity contribution is 0.103. The van der Waals surface area contributed by atoms with Gasteiger partial charge in [-0.15, -0.1) is 12.4 Å². The maximum absolute atomic E-state index is 12.6. The summed E-state index contributed by atoms with van der Waals surface area (Å²) in [7, 11) is -3.74. The van der Waals surface area contributed by atoms with Gasteiger partial charge in [0.05, 0.1) is 4.90 Å². The smallest absolute Gasteiger partial charge is 0.241 e. The van der Waals surface area contributed by atoms with Crippen LogP contribution in [0, 0.1) is 0 Å². The number of halogens is 1. The van der Waals surface area contributed by atoms with Gasteiger partial charge in [-0.3, -0.25) is 4.79 Å². The van der Waals surface area contributed by atoms with Crippen molar-refractivity contribution in [2.45, 2.75) is 18.2 Å². The lowest BCUT2D eigenvalue weighted by atomic mass is 10.0. The SMILES string of the molecule is CCCNCCNS(=O)(=O)c1ccccc1C(=O)c1ccccc1.Cl. The van der Waals surface area contributed by atoms with Gasteiger partial charge in [0.2, 0.25) is 10.0 Å². The van der Waals surface area contributed by atoms with Crippen LogP contribution in [0.25, 0.3) is 0 Å². The van der Waals surface area contributed by atoms with E-state index in [1.54, 1.807) is 42.5 Å². The number of carbonyl (C=O) groups is 1. The van der Waals surface area contributed by atoms with Crippen molar-refractivity contribution in [3.63, 3.8) is 0 Å². The summed E-state index contributed by atoms with van der Waals surface area (Å²) in [5.41, 5.74) is 0.641. The fraction of sp³-hybridized carbons (Fsp3) is 0.278. The average molecular weight is 383 g/mol. The van der Waals surface area contributed by atoms with Crippen LogP contribution in [0.2, 0.25) is 0 Å². The van der Waals surface area contributed by atoms with Crippen LogP contribution < -0.4 is 10.0 Å².